The molecule has 0 atom stereocenters. The summed E-state index contributed by atoms with van der Waals surface area (Å²) in [6, 6.07) is 10.4. The van der Waals surface area contributed by atoms with E-state index in [1.807, 2.05) is 30.3 Å². The molecule has 0 fully saturated rings. The summed E-state index contributed by atoms with van der Waals surface area (Å²) in [7, 11) is 0. The fourth-order valence-electron chi connectivity index (χ4n) is 1.77. The van der Waals surface area contributed by atoms with Crippen molar-refractivity contribution < 1.29 is 13.2 Å². The molecule has 0 amide bonds. The first-order chi connectivity index (χ1) is 10.4. The summed E-state index contributed by atoms with van der Waals surface area (Å²) in [5.74, 6) is 0. The predicted octanol–water partition coefficient (Wildman–Crippen LogP) is 3.34. The van der Waals surface area contributed by atoms with Crippen LogP contribution in [0.1, 0.15) is 16.3 Å². The van der Waals surface area contributed by atoms with Gasteiger partial charge in [-0.15, -0.1) is 5.10 Å². The van der Waals surface area contributed by atoms with Crippen LogP contribution in [-0.4, -0.2) is 14.6 Å². The maximum absolute atomic E-state index is 12.6. The van der Waals surface area contributed by atoms with Crippen LogP contribution in [0.4, 0.5) is 13.2 Å². The van der Waals surface area contributed by atoms with Gasteiger partial charge in [-0.1, -0.05) is 47.7 Å². The lowest BCUT2D eigenvalue weighted by molar-refractivity contribution is -0.138. The lowest BCUT2D eigenvalue weighted by Crippen LogP contribution is -2.15. The van der Waals surface area contributed by atoms with E-state index in [4.69, 9.17) is 0 Å². The molecule has 2 aromatic heterocycles. The zero-order valence-corrected chi connectivity index (χ0v) is 11.7. The highest BCUT2D eigenvalue weighted by Gasteiger charge is 2.36. The molecule has 0 aliphatic carbocycles. The summed E-state index contributed by atoms with van der Waals surface area (Å²) < 4.78 is 38.5. The zero-order valence-electron chi connectivity index (χ0n) is 10.9. The minimum absolute atomic E-state index is 0.0902. The van der Waals surface area contributed by atoms with Crippen LogP contribution in [0.2, 0.25) is 0 Å². The molecule has 3 aromatic rings. The van der Waals surface area contributed by atoms with Crippen LogP contribution in [0.5, 0.6) is 0 Å². The molecule has 22 heavy (non-hydrogen) atoms. The molecule has 112 valence electrons. The van der Waals surface area contributed by atoms with Gasteiger partial charge >= 0.3 is 6.18 Å². The Kier molecular flexibility index (Phi) is 3.53. The Morgan fingerprint density at radius 2 is 1.86 bits per heavy atom. The molecular weight excluding hydrogens is 315 g/mol. The Bertz CT molecular complexity index is 897. The Balaban J connectivity index is 2.02. The van der Waals surface area contributed by atoms with Crippen molar-refractivity contribution in [2.45, 2.75) is 6.18 Å². The van der Waals surface area contributed by atoms with E-state index in [-0.39, 0.29) is 10.7 Å². The maximum Gasteiger partial charge on any atom is 0.445 e. The van der Waals surface area contributed by atoms with Gasteiger partial charge in [-0.05, 0) is 11.6 Å². The molecule has 0 radical (unpaired) electrons. The summed E-state index contributed by atoms with van der Waals surface area (Å²) in [5, 5.41) is 2.16. The first-order valence-corrected chi connectivity index (χ1v) is 6.96. The number of fused-ring (bicyclic) bond motifs is 1. The number of alkyl halides is 3. The van der Waals surface area contributed by atoms with Crippen molar-refractivity contribution >= 4 is 28.4 Å². The number of hydrogen-bond donors (Lipinski definition) is 0. The van der Waals surface area contributed by atoms with E-state index >= 15 is 0 Å². The molecular formula is C14H8F3N3OS. The number of hydrogen-bond acceptors (Lipinski definition) is 4. The van der Waals surface area contributed by atoms with Gasteiger partial charge in [-0.3, -0.25) is 4.79 Å². The van der Waals surface area contributed by atoms with Crippen molar-refractivity contribution in [1.82, 2.24) is 14.6 Å². The van der Waals surface area contributed by atoms with Gasteiger partial charge in [0.1, 0.15) is 0 Å². The minimum atomic E-state index is -4.59. The normalized spacial score (nSPS) is 12.3. The third-order valence-electron chi connectivity index (χ3n) is 2.75. The number of aromatic nitrogens is 3. The molecule has 0 unspecified atom stereocenters. The lowest BCUT2D eigenvalue weighted by atomic mass is 10.2. The zero-order chi connectivity index (χ0) is 15.7. The van der Waals surface area contributed by atoms with E-state index in [0.29, 0.717) is 15.9 Å². The second-order valence-corrected chi connectivity index (χ2v) is 5.32. The maximum atomic E-state index is 12.6. The topological polar surface area (TPSA) is 47.3 Å². The molecule has 0 N–H and O–H groups in total. The van der Waals surface area contributed by atoms with E-state index in [2.05, 4.69) is 10.1 Å². The van der Waals surface area contributed by atoms with Crippen molar-refractivity contribution in [3.8, 4) is 0 Å². The van der Waals surface area contributed by atoms with E-state index in [1.54, 1.807) is 12.2 Å². The van der Waals surface area contributed by atoms with Crippen LogP contribution >= 0.6 is 11.3 Å². The van der Waals surface area contributed by atoms with Crippen molar-refractivity contribution in [3.05, 3.63) is 63.0 Å². The highest BCUT2D eigenvalue weighted by atomic mass is 32.1. The first-order valence-electron chi connectivity index (χ1n) is 6.15. The molecule has 4 nitrogen and oxygen atoms in total. The summed E-state index contributed by atoms with van der Waals surface area (Å²) in [6.07, 6.45) is -1.29. The fourth-order valence-corrected chi connectivity index (χ4v) is 2.55. The van der Waals surface area contributed by atoms with Crippen LogP contribution < -0.4 is 5.56 Å². The molecule has 2 heterocycles. The predicted molar refractivity (Wildman–Crippen MR) is 77.5 cm³/mol. The van der Waals surface area contributed by atoms with Crippen LogP contribution in [0.3, 0.4) is 0 Å². The second kappa shape index (κ2) is 5.38. The van der Waals surface area contributed by atoms with Gasteiger partial charge < -0.3 is 0 Å². The van der Waals surface area contributed by atoms with Crippen molar-refractivity contribution in [2.24, 2.45) is 0 Å². The molecule has 1 aromatic carbocycles. The van der Waals surface area contributed by atoms with Crippen molar-refractivity contribution in [3.63, 3.8) is 0 Å². The largest absolute Gasteiger partial charge is 0.445 e. The Labute approximate surface area is 126 Å². The Morgan fingerprint density at radius 3 is 2.55 bits per heavy atom. The summed E-state index contributed by atoms with van der Waals surface area (Å²) in [5.41, 5.74) is 0.528. The standard InChI is InChI=1S/C14H8F3N3OS/c15-14(16,17)12-19-20-11(21)8-10(18-13(20)22-12)7-6-9-4-2-1-3-5-9/h1-8H/b7-6+. The average molecular weight is 323 g/mol. The van der Waals surface area contributed by atoms with E-state index in [0.717, 1.165) is 11.6 Å². The van der Waals surface area contributed by atoms with E-state index in [9.17, 15) is 18.0 Å². The third-order valence-corrected chi connectivity index (χ3v) is 3.71. The molecule has 8 heteroatoms. The summed E-state index contributed by atoms with van der Waals surface area (Å²) in [6.45, 7) is 0. The average Bonchev–Trinajstić information content (AvgIpc) is 2.91. The highest BCUT2D eigenvalue weighted by molar-refractivity contribution is 7.16. The SMILES string of the molecule is O=c1cc(/C=C/c2ccccc2)nc2sc(C(F)(F)F)nn12. The number of halogens is 3. The Morgan fingerprint density at radius 1 is 1.14 bits per heavy atom. The van der Waals surface area contributed by atoms with Crippen LogP contribution in [0.15, 0.2) is 41.2 Å². The number of nitrogens with zero attached hydrogens (tertiary/aromatic N) is 3. The quantitative estimate of drug-likeness (QED) is 0.727. The van der Waals surface area contributed by atoms with Gasteiger partial charge in [0.2, 0.25) is 9.97 Å². The van der Waals surface area contributed by atoms with Crippen LogP contribution in [-0.2, 0) is 6.18 Å². The molecule has 0 aliphatic rings. The highest BCUT2D eigenvalue weighted by Crippen LogP contribution is 2.31. The van der Waals surface area contributed by atoms with Gasteiger partial charge in [0.15, 0.2) is 0 Å². The fraction of sp³-hybridized carbons (Fsp3) is 0.0714. The third kappa shape index (κ3) is 2.91. The van der Waals surface area contributed by atoms with E-state index < -0.39 is 16.7 Å². The number of benzene rings is 1. The Hall–Kier alpha value is -2.48. The van der Waals surface area contributed by atoms with Crippen molar-refractivity contribution in [1.29, 1.82) is 0 Å². The molecule has 0 spiro atoms. The summed E-state index contributed by atoms with van der Waals surface area (Å²) in [4.78, 5) is 15.7. The molecule has 0 saturated heterocycles. The molecule has 0 bridgehead atoms. The smallest absolute Gasteiger partial charge is 0.267 e. The lowest BCUT2D eigenvalue weighted by Gasteiger charge is -1.97. The van der Waals surface area contributed by atoms with Gasteiger partial charge in [0.25, 0.3) is 5.56 Å². The van der Waals surface area contributed by atoms with Gasteiger partial charge in [0.05, 0.1) is 5.69 Å². The minimum Gasteiger partial charge on any atom is -0.267 e. The summed E-state index contributed by atoms with van der Waals surface area (Å²) >= 11 is 0.336. The van der Waals surface area contributed by atoms with Crippen molar-refractivity contribution in [2.75, 3.05) is 0 Å². The van der Waals surface area contributed by atoms with Gasteiger partial charge in [-0.25, -0.2) is 4.98 Å². The molecule has 3 rings (SSSR count). The second-order valence-electron chi connectivity index (χ2n) is 4.36. The van der Waals surface area contributed by atoms with Gasteiger partial charge in [0, 0.05) is 6.07 Å². The van der Waals surface area contributed by atoms with Crippen LogP contribution in [0, 0.1) is 0 Å². The molecule has 0 aliphatic heterocycles. The first kappa shape index (κ1) is 14.5. The van der Waals surface area contributed by atoms with Gasteiger partial charge in [-0.2, -0.15) is 17.7 Å². The van der Waals surface area contributed by atoms with Crippen LogP contribution in [0.25, 0.3) is 17.1 Å². The monoisotopic (exact) mass is 323 g/mol. The van der Waals surface area contributed by atoms with E-state index in [1.165, 1.54) is 0 Å². The molecule has 0 saturated carbocycles. The number of rotatable bonds is 2.